The Labute approximate surface area is 310 Å². The first-order valence-corrected chi connectivity index (χ1v) is 17.5. The summed E-state index contributed by atoms with van der Waals surface area (Å²) in [6, 6.07) is 6.85. The molecule has 2 saturated heterocycles. The molecule has 20 heteroatoms. The van der Waals surface area contributed by atoms with Gasteiger partial charge in [-0.3, -0.25) is 14.4 Å². The number of benzene rings is 2. The van der Waals surface area contributed by atoms with Crippen LogP contribution in [0.3, 0.4) is 0 Å². The van der Waals surface area contributed by atoms with Crippen LogP contribution in [0.2, 0.25) is 0 Å². The van der Waals surface area contributed by atoms with E-state index in [9.17, 15) is 32.7 Å². The Balaban J connectivity index is 1.28. The number of nitrogens with one attached hydrogen (secondary N) is 1. The van der Waals surface area contributed by atoms with E-state index < -0.39 is 76.6 Å². The van der Waals surface area contributed by atoms with E-state index in [-0.39, 0.29) is 37.0 Å². The van der Waals surface area contributed by atoms with Crippen molar-refractivity contribution in [2.24, 2.45) is 0 Å². The second-order valence-corrected chi connectivity index (χ2v) is 13.9. The summed E-state index contributed by atoms with van der Waals surface area (Å²) >= 11 is 1.15. The number of methoxy groups -OCH3 is 1. The zero-order valence-electron chi connectivity index (χ0n) is 29.3. The Bertz CT molecular complexity index is 1980. The highest BCUT2D eigenvalue weighted by Crippen LogP contribution is 2.42. The summed E-state index contributed by atoms with van der Waals surface area (Å²) in [4.78, 5) is 35.8. The number of rotatable bonds is 11. The normalized spacial score (nSPS) is 25.6. The van der Waals surface area contributed by atoms with Crippen molar-refractivity contribution in [2.45, 2.75) is 68.0 Å². The summed E-state index contributed by atoms with van der Waals surface area (Å²) in [6.45, 7) is 3.60. The van der Waals surface area contributed by atoms with Crippen LogP contribution < -0.4 is 5.32 Å². The van der Waals surface area contributed by atoms with E-state index in [0.29, 0.717) is 16.9 Å². The summed E-state index contributed by atoms with van der Waals surface area (Å²) in [7, 11) is 1.38. The van der Waals surface area contributed by atoms with Crippen LogP contribution >= 0.6 is 11.8 Å². The number of esters is 2. The minimum absolute atomic E-state index is 0.0375. The number of hydrogen-bond donors (Lipinski definition) is 2. The van der Waals surface area contributed by atoms with Crippen LogP contribution in [-0.4, -0.2) is 115 Å². The van der Waals surface area contributed by atoms with E-state index in [1.807, 2.05) is 0 Å². The summed E-state index contributed by atoms with van der Waals surface area (Å²) in [5.41, 5.74) is 0.644. The van der Waals surface area contributed by atoms with Gasteiger partial charge in [0.15, 0.2) is 23.6 Å². The summed E-state index contributed by atoms with van der Waals surface area (Å²) in [5.74, 6) is -6.08. The Morgan fingerprint density at radius 1 is 0.944 bits per heavy atom. The summed E-state index contributed by atoms with van der Waals surface area (Å²) in [5, 5.41) is 30.5. The van der Waals surface area contributed by atoms with Gasteiger partial charge in [0.05, 0.1) is 37.0 Å². The number of aliphatic hydroxyl groups is 1. The molecule has 0 bridgehead atoms. The number of anilines is 1. The van der Waals surface area contributed by atoms with Gasteiger partial charge in [-0.1, -0.05) is 22.6 Å². The second-order valence-electron chi connectivity index (χ2n) is 12.6. The van der Waals surface area contributed by atoms with E-state index in [0.717, 1.165) is 23.9 Å². The van der Waals surface area contributed by atoms with Crippen LogP contribution in [0.15, 0.2) is 48.8 Å². The fourth-order valence-electron chi connectivity index (χ4n) is 6.29. The number of aliphatic hydroxyl groups excluding tert-OH is 1. The number of carbonyl (C=O) groups excluding carboxylic acids is 3. The Morgan fingerprint density at radius 3 is 2.30 bits per heavy atom. The summed E-state index contributed by atoms with van der Waals surface area (Å²) in [6.07, 6.45) is -1.38. The largest absolute Gasteiger partial charge is 0.463 e. The van der Waals surface area contributed by atoms with Gasteiger partial charge < -0.3 is 34.1 Å². The molecule has 54 heavy (non-hydrogen) atoms. The molecule has 1 amide bonds. The highest BCUT2D eigenvalue weighted by molar-refractivity contribution is 8.00. The van der Waals surface area contributed by atoms with Crippen LogP contribution in [0, 0.1) is 17.5 Å². The lowest BCUT2D eigenvalue weighted by molar-refractivity contribution is -0.208. The van der Waals surface area contributed by atoms with Gasteiger partial charge in [0.1, 0.15) is 47.7 Å². The fourth-order valence-corrected chi connectivity index (χ4v) is 7.79. The Kier molecular flexibility index (Phi) is 12.0. The lowest BCUT2D eigenvalue weighted by atomic mass is 9.96. The minimum Gasteiger partial charge on any atom is -0.463 e. The molecule has 0 aliphatic carbocycles. The van der Waals surface area contributed by atoms with Crippen molar-refractivity contribution in [1.82, 2.24) is 30.0 Å². The van der Waals surface area contributed by atoms with Crippen molar-refractivity contribution < 1.29 is 56.3 Å². The molecule has 0 saturated carbocycles. The topological polar surface area (TPSA) is 191 Å². The quantitative estimate of drug-likeness (QED) is 0.167. The molecule has 2 aromatic heterocycles. The van der Waals surface area contributed by atoms with Crippen LogP contribution in [0.4, 0.5) is 18.9 Å². The van der Waals surface area contributed by atoms with Crippen molar-refractivity contribution >= 4 is 35.3 Å². The van der Waals surface area contributed by atoms with Crippen molar-refractivity contribution in [3.63, 3.8) is 0 Å². The molecule has 2 fully saturated rings. The van der Waals surface area contributed by atoms with Crippen molar-refractivity contribution in [1.29, 1.82) is 0 Å². The van der Waals surface area contributed by atoms with Gasteiger partial charge in [0, 0.05) is 44.7 Å². The highest BCUT2D eigenvalue weighted by atomic mass is 32.2. The fraction of sp³-hybridized carbons (Fsp3) is 0.441. The van der Waals surface area contributed by atoms with Gasteiger partial charge >= 0.3 is 11.9 Å². The van der Waals surface area contributed by atoms with Crippen LogP contribution in [0.25, 0.3) is 22.5 Å². The standard InChI is InChI=1S/C34H36F3N7O9S/c1-16(45)38-21-7-5-6-19(8-21)24-11-43(41-39-24)26-13-50-15-28(31(26)48)54-34-33(49-4)30(32(52-18(3)47)27(53-34)14-51-17(2)46)44-12-25(40-42-44)20-9-22(35)29(37)23(36)10-20/h5-12,26-28,30-34,48H,13-15H2,1-4H3,(H,38,45)/t26-,27?,28+,30?,31+,32?,33?,34?/m0/s1. The number of amides is 1. The maximum absolute atomic E-state index is 14.1. The molecule has 0 radical (unpaired) electrons. The van der Waals surface area contributed by atoms with Gasteiger partial charge in [-0.25, -0.2) is 22.5 Å². The zero-order chi connectivity index (χ0) is 38.7. The van der Waals surface area contributed by atoms with Crippen molar-refractivity contribution in [2.75, 3.05) is 32.2 Å². The number of hydrogen-bond acceptors (Lipinski definition) is 14. The van der Waals surface area contributed by atoms with E-state index in [1.54, 1.807) is 30.5 Å². The molecule has 4 aromatic rings. The number of thioether (sulfide) groups is 1. The number of halogens is 3. The molecule has 0 spiro atoms. The van der Waals surface area contributed by atoms with Crippen LogP contribution in [0.1, 0.15) is 32.9 Å². The second kappa shape index (κ2) is 16.6. The molecule has 2 aromatic carbocycles. The van der Waals surface area contributed by atoms with E-state index >= 15 is 0 Å². The summed E-state index contributed by atoms with van der Waals surface area (Å²) < 4.78 is 73.9. The average Bonchev–Trinajstić information content (AvgIpc) is 3.82. The van der Waals surface area contributed by atoms with E-state index in [4.69, 9.17) is 23.7 Å². The predicted molar refractivity (Wildman–Crippen MR) is 183 cm³/mol. The molecule has 8 atom stereocenters. The molecular weight excluding hydrogens is 739 g/mol. The molecule has 2 aliphatic heterocycles. The molecule has 6 rings (SSSR count). The third kappa shape index (κ3) is 8.57. The third-order valence-electron chi connectivity index (χ3n) is 8.72. The van der Waals surface area contributed by atoms with Gasteiger partial charge in [-0.05, 0) is 24.3 Å². The SMILES string of the molecule is COC1C(S[C@@H]2COC[C@H](n3cc(-c4cccc(NC(C)=O)c4)nn3)[C@H]2O)OC(COC(C)=O)C(OC(C)=O)C1n1cc(-c2cc(F)c(F)c(F)c2)nn1. The van der Waals surface area contributed by atoms with Crippen LogP contribution in [0.5, 0.6) is 0 Å². The van der Waals surface area contributed by atoms with Gasteiger partial charge in [0.2, 0.25) is 5.91 Å². The van der Waals surface area contributed by atoms with E-state index in [2.05, 4.69) is 25.9 Å². The Hall–Kier alpha value is -4.89. The number of nitrogens with zero attached hydrogens (tertiary/aromatic N) is 6. The maximum Gasteiger partial charge on any atom is 0.303 e. The number of carbonyl (C=O) groups is 3. The molecule has 2 aliphatic rings. The highest BCUT2D eigenvalue weighted by Gasteiger charge is 2.52. The molecular formula is C34H36F3N7O9S. The van der Waals surface area contributed by atoms with E-state index in [1.165, 1.54) is 43.4 Å². The molecule has 5 unspecified atom stereocenters. The molecule has 16 nitrogen and oxygen atoms in total. The molecule has 2 N–H and O–H groups in total. The minimum atomic E-state index is -1.65. The van der Waals surface area contributed by atoms with Gasteiger partial charge in [0.25, 0.3) is 0 Å². The number of aromatic nitrogens is 6. The molecule has 4 heterocycles. The first-order chi connectivity index (χ1) is 25.8. The predicted octanol–water partition coefficient (Wildman–Crippen LogP) is 3.09. The lowest BCUT2D eigenvalue weighted by Gasteiger charge is -2.46. The lowest BCUT2D eigenvalue weighted by Crippen LogP contribution is -2.58. The third-order valence-corrected chi connectivity index (χ3v) is 10.1. The van der Waals surface area contributed by atoms with Crippen molar-refractivity contribution in [3.05, 3.63) is 66.2 Å². The monoisotopic (exact) mass is 775 g/mol. The Morgan fingerprint density at radius 2 is 1.63 bits per heavy atom. The van der Waals surface area contributed by atoms with Crippen LogP contribution in [-0.2, 0) is 38.1 Å². The first-order valence-electron chi connectivity index (χ1n) is 16.6. The zero-order valence-corrected chi connectivity index (χ0v) is 30.1. The maximum atomic E-state index is 14.1. The van der Waals surface area contributed by atoms with Gasteiger partial charge in [-0.2, -0.15) is 0 Å². The number of ether oxygens (including phenoxy) is 5. The first kappa shape index (κ1) is 38.8. The van der Waals surface area contributed by atoms with Crippen molar-refractivity contribution in [3.8, 4) is 22.5 Å². The average molecular weight is 776 g/mol. The van der Waals surface area contributed by atoms with Gasteiger partial charge in [-0.15, -0.1) is 22.0 Å². The molecule has 288 valence electrons. The smallest absolute Gasteiger partial charge is 0.303 e.